The van der Waals surface area contributed by atoms with Crippen LogP contribution in [0.5, 0.6) is 0 Å². The van der Waals surface area contributed by atoms with Gasteiger partial charge in [0, 0.05) is 0 Å². The number of hydrogen-bond donors (Lipinski definition) is 0. The zero-order valence-corrected chi connectivity index (χ0v) is 32.5. The smallest absolute Gasteiger partial charge is 0.00134 e. The van der Waals surface area contributed by atoms with Gasteiger partial charge in [0.05, 0.1) is 0 Å². The van der Waals surface area contributed by atoms with Gasteiger partial charge in [-0.25, -0.2) is 0 Å². The lowest BCUT2D eigenvalue weighted by Crippen LogP contribution is -1.98. The van der Waals surface area contributed by atoms with Crippen LogP contribution in [0.3, 0.4) is 0 Å². The highest BCUT2D eigenvalue weighted by atomic mass is 14.2. The predicted octanol–water partition coefficient (Wildman–Crippen LogP) is 14.9. The fraction of sp³-hybridized carbons (Fsp3) is 0.185. The van der Waals surface area contributed by atoms with Crippen molar-refractivity contribution in [3.05, 3.63) is 202 Å². The van der Waals surface area contributed by atoms with Crippen molar-refractivity contribution in [2.75, 3.05) is 0 Å². The van der Waals surface area contributed by atoms with E-state index in [0.29, 0.717) is 0 Å². The Morgan fingerprint density at radius 3 is 1.98 bits per heavy atom. The normalized spacial score (nSPS) is 13.6. The molecule has 0 unspecified atom stereocenters. The van der Waals surface area contributed by atoms with Gasteiger partial charge in [0.25, 0.3) is 0 Å². The summed E-state index contributed by atoms with van der Waals surface area (Å²) < 4.78 is 0. The van der Waals surface area contributed by atoms with Crippen molar-refractivity contribution in [3.63, 3.8) is 0 Å². The molecule has 0 bridgehead atoms. The highest BCUT2D eigenvalue weighted by Crippen LogP contribution is 2.42. The van der Waals surface area contributed by atoms with Gasteiger partial charge in [-0.15, -0.1) is 0 Å². The first-order chi connectivity index (χ1) is 26.4. The Labute approximate surface area is 323 Å². The van der Waals surface area contributed by atoms with Crippen LogP contribution in [0.25, 0.3) is 55.7 Å². The maximum Gasteiger partial charge on any atom is -0.00134 e. The summed E-state index contributed by atoms with van der Waals surface area (Å²) in [6.07, 6.45) is 18.9. The largest absolute Gasteiger partial charge is 0.0842 e. The lowest BCUT2D eigenvalue weighted by Gasteiger charge is -2.18. The second-order valence-electron chi connectivity index (χ2n) is 15.2. The Morgan fingerprint density at radius 2 is 1.26 bits per heavy atom. The summed E-state index contributed by atoms with van der Waals surface area (Å²) >= 11 is 0. The van der Waals surface area contributed by atoms with E-state index in [1.165, 1.54) is 106 Å². The van der Waals surface area contributed by atoms with Crippen LogP contribution in [0.1, 0.15) is 83.2 Å². The summed E-state index contributed by atoms with van der Waals surface area (Å²) in [5, 5.41) is 0. The average molecular weight is 699 g/mol. The molecule has 0 heterocycles. The molecule has 0 amide bonds. The highest BCUT2D eigenvalue weighted by Gasteiger charge is 2.21. The third kappa shape index (κ3) is 7.02. The van der Waals surface area contributed by atoms with Gasteiger partial charge in [-0.3, -0.25) is 0 Å². The molecule has 54 heavy (non-hydrogen) atoms. The van der Waals surface area contributed by atoms with Crippen molar-refractivity contribution in [3.8, 4) is 44.5 Å². The molecular formula is C54H50. The molecule has 6 aromatic rings. The van der Waals surface area contributed by atoms with Gasteiger partial charge < -0.3 is 0 Å². The topological polar surface area (TPSA) is 0 Å². The molecule has 0 aromatic heterocycles. The van der Waals surface area contributed by atoms with Gasteiger partial charge in [0.1, 0.15) is 0 Å². The van der Waals surface area contributed by atoms with E-state index in [0.717, 1.165) is 32.1 Å². The van der Waals surface area contributed by atoms with Crippen LogP contribution < -0.4 is 0 Å². The Hall–Kier alpha value is -5.72. The first-order valence-electron chi connectivity index (χ1n) is 19.8. The van der Waals surface area contributed by atoms with E-state index >= 15 is 0 Å². The van der Waals surface area contributed by atoms with E-state index in [-0.39, 0.29) is 0 Å². The number of aryl methyl sites for hydroxylation is 3. The van der Waals surface area contributed by atoms with Gasteiger partial charge in [0.15, 0.2) is 0 Å². The van der Waals surface area contributed by atoms with Crippen LogP contribution >= 0.6 is 0 Å². The van der Waals surface area contributed by atoms with Crippen molar-refractivity contribution >= 4 is 11.1 Å². The quantitative estimate of drug-likeness (QED) is 0.132. The standard InChI is InChI=1S/C54H50/c1-6-8-15-40(7-2)42-23-26-46(29-39-21-19-37(4)50(30-39)49-18-13-12-14-36(49)3)52(33-42)51-32-44(22-20-38(51)5)45-25-28-48-31-47-27-24-43(34-53(47)54(48)35-45)41-16-10-9-11-17-41/h7-8,10,12-28,30,32-35H,6,9,11,29,31H2,1-5H3/b15-8-,40-7+. The SMILES string of the molecule is C/C=C(\C=C/CC)c1ccc(Cc2ccc(C)c(-c3ccccc3C)c2)c(-c2cc(-c3ccc4c(c3)-c3cc(C5=CCCC=C5)ccc3C4)ccc2C)c1. The molecule has 266 valence electrons. The highest BCUT2D eigenvalue weighted by molar-refractivity contribution is 5.87. The van der Waals surface area contributed by atoms with E-state index in [2.05, 4.69) is 186 Å². The fourth-order valence-electron chi connectivity index (χ4n) is 8.38. The summed E-state index contributed by atoms with van der Waals surface area (Å²) in [7, 11) is 0. The van der Waals surface area contributed by atoms with Crippen molar-refractivity contribution in [2.24, 2.45) is 0 Å². The third-order valence-electron chi connectivity index (χ3n) is 11.5. The molecule has 0 N–H and O–H groups in total. The molecular weight excluding hydrogens is 649 g/mol. The molecule has 0 aliphatic heterocycles. The van der Waals surface area contributed by atoms with Crippen molar-refractivity contribution < 1.29 is 0 Å². The molecule has 0 heteroatoms. The maximum atomic E-state index is 2.44. The minimum atomic E-state index is 0.859. The van der Waals surface area contributed by atoms with Gasteiger partial charge in [-0.2, -0.15) is 0 Å². The van der Waals surface area contributed by atoms with Gasteiger partial charge in [0.2, 0.25) is 0 Å². The zero-order chi connectivity index (χ0) is 37.2. The van der Waals surface area contributed by atoms with Crippen molar-refractivity contribution in [1.29, 1.82) is 0 Å². The Morgan fingerprint density at radius 1 is 0.593 bits per heavy atom. The summed E-state index contributed by atoms with van der Waals surface area (Å²) in [6.45, 7) is 11.0. The predicted molar refractivity (Wildman–Crippen MR) is 234 cm³/mol. The van der Waals surface area contributed by atoms with Crippen LogP contribution in [0, 0.1) is 20.8 Å². The first-order valence-corrected chi connectivity index (χ1v) is 19.8. The van der Waals surface area contributed by atoms with Crippen LogP contribution in [0.15, 0.2) is 152 Å². The molecule has 0 nitrogen and oxygen atoms in total. The zero-order valence-electron chi connectivity index (χ0n) is 32.5. The molecule has 2 aliphatic rings. The van der Waals surface area contributed by atoms with Crippen LogP contribution in [-0.4, -0.2) is 0 Å². The summed E-state index contributed by atoms with van der Waals surface area (Å²) in [4.78, 5) is 0. The monoisotopic (exact) mass is 698 g/mol. The molecule has 0 saturated carbocycles. The van der Waals surface area contributed by atoms with Gasteiger partial charge in [-0.05, 0) is 190 Å². The van der Waals surface area contributed by atoms with Crippen LogP contribution in [0.2, 0.25) is 0 Å². The third-order valence-corrected chi connectivity index (χ3v) is 11.5. The van der Waals surface area contributed by atoms with Gasteiger partial charge in [-0.1, -0.05) is 134 Å². The molecule has 0 saturated heterocycles. The minimum Gasteiger partial charge on any atom is -0.0842 e. The van der Waals surface area contributed by atoms with Crippen LogP contribution in [0.4, 0.5) is 0 Å². The van der Waals surface area contributed by atoms with E-state index in [1.807, 2.05) is 0 Å². The number of rotatable bonds is 9. The minimum absolute atomic E-state index is 0.859. The Bertz CT molecular complexity index is 2510. The lowest BCUT2D eigenvalue weighted by molar-refractivity contribution is 1.04. The van der Waals surface area contributed by atoms with E-state index in [1.54, 1.807) is 0 Å². The lowest BCUT2D eigenvalue weighted by atomic mass is 9.86. The number of hydrogen-bond acceptors (Lipinski definition) is 0. The van der Waals surface area contributed by atoms with Gasteiger partial charge >= 0.3 is 0 Å². The van der Waals surface area contributed by atoms with Crippen molar-refractivity contribution in [2.45, 2.75) is 66.7 Å². The van der Waals surface area contributed by atoms with E-state index in [9.17, 15) is 0 Å². The van der Waals surface area contributed by atoms with Crippen molar-refractivity contribution in [1.82, 2.24) is 0 Å². The molecule has 0 spiro atoms. The van der Waals surface area contributed by atoms with E-state index in [4.69, 9.17) is 0 Å². The number of allylic oxidation sites excluding steroid dienone is 8. The second kappa shape index (κ2) is 15.3. The maximum absolute atomic E-state index is 2.44. The van der Waals surface area contributed by atoms with E-state index < -0.39 is 0 Å². The first kappa shape index (κ1) is 35.3. The number of benzene rings is 6. The Balaban J connectivity index is 1.21. The Kier molecular flexibility index (Phi) is 10.0. The molecule has 2 aliphatic carbocycles. The summed E-state index contributed by atoms with van der Waals surface area (Å²) in [5.74, 6) is 0. The molecule has 0 radical (unpaired) electrons. The molecule has 6 aromatic carbocycles. The summed E-state index contributed by atoms with van der Waals surface area (Å²) in [6, 6.07) is 44.1. The molecule has 8 rings (SSSR count). The molecule has 0 fully saturated rings. The number of fused-ring (bicyclic) bond motifs is 3. The molecule has 0 atom stereocenters. The average Bonchev–Trinajstić information content (AvgIpc) is 3.57. The summed E-state index contributed by atoms with van der Waals surface area (Å²) in [5.41, 5.74) is 25.1. The van der Waals surface area contributed by atoms with Crippen LogP contribution in [-0.2, 0) is 12.8 Å². The fourth-order valence-corrected chi connectivity index (χ4v) is 8.38. The second-order valence-corrected chi connectivity index (χ2v) is 15.2.